The molecule has 0 aliphatic heterocycles. The highest BCUT2D eigenvalue weighted by Gasteiger charge is 2.18. The molecule has 0 saturated heterocycles. The highest BCUT2D eigenvalue weighted by Crippen LogP contribution is 2.20. The highest BCUT2D eigenvalue weighted by atomic mass is 16.3. The maximum atomic E-state index is 11.7. The first kappa shape index (κ1) is 15.9. The molecular formula is C15H21N5O2. The van der Waals surface area contributed by atoms with E-state index in [4.69, 9.17) is 4.42 Å². The summed E-state index contributed by atoms with van der Waals surface area (Å²) < 4.78 is 5.35. The number of aromatic nitrogens is 3. The first-order valence-corrected chi connectivity index (χ1v) is 7.10. The lowest BCUT2D eigenvalue weighted by Crippen LogP contribution is -2.34. The predicted molar refractivity (Wildman–Crippen MR) is 81.0 cm³/mol. The summed E-state index contributed by atoms with van der Waals surface area (Å²) in [5.74, 6) is 1.16. The van der Waals surface area contributed by atoms with Crippen molar-refractivity contribution in [3.05, 3.63) is 41.6 Å². The van der Waals surface area contributed by atoms with Crippen molar-refractivity contribution in [2.24, 2.45) is 0 Å². The lowest BCUT2D eigenvalue weighted by molar-refractivity contribution is 0.238. The van der Waals surface area contributed by atoms with Crippen molar-refractivity contribution in [1.29, 1.82) is 0 Å². The SMILES string of the molecule is Cc1nccc(CNC(=O)NCc2nc(C(C)(C)C)co2)n1. The molecule has 0 saturated carbocycles. The lowest BCUT2D eigenvalue weighted by atomic mass is 9.93. The van der Waals surface area contributed by atoms with Crippen molar-refractivity contribution < 1.29 is 9.21 Å². The van der Waals surface area contributed by atoms with Gasteiger partial charge in [0.25, 0.3) is 0 Å². The summed E-state index contributed by atoms with van der Waals surface area (Å²) >= 11 is 0. The van der Waals surface area contributed by atoms with Crippen LogP contribution in [0.2, 0.25) is 0 Å². The molecule has 2 aromatic heterocycles. The molecule has 0 fully saturated rings. The van der Waals surface area contributed by atoms with E-state index in [1.807, 2.05) is 0 Å². The highest BCUT2D eigenvalue weighted by molar-refractivity contribution is 5.73. The van der Waals surface area contributed by atoms with E-state index in [1.165, 1.54) is 0 Å². The number of rotatable bonds is 4. The number of carbonyl (C=O) groups is 1. The monoisotopic (exact) mass is 303 g/mol. The maximum absolute atomic E-state index is 11.7. The maximum Gasteiger partial charge on any atom is 0.315 e. The summed E-state index contributed by atoms with van der Waals surface area (Å²) in [6, 6.07) is 1.46. The Kier molecular flexibility index (Phi) is 4.75. The molecule has 0 aliphatic carbocycles. The van der Waals surface area contributed by atoms with Crippen LogP contribution in [0.15, 0.2) is 22.9 Å². The Bertz CT molecular complexity index is 645. The van der Waals surface area contributed by atoms with Gasteiger partial charge in [0.05, 0.1) is 24.5 Å². The molecule has 118 valence electrons. The Morgan fingerprint density at radius 2 is 1.95 bits per heavy atom. The number of hydrogen-bond acceptors (Lipinski definition) is 5. The Morgan fingerprint density at radius 1 is 1.23 bits per heavy atom. The van der Waals surface area contributed by atoms with Gasteiger partial charge in [0.1, 0.15) is 12.1 Å². The van der Waals surface area contributed by atoms with E-state index in [1.54, 1.807) is 25.5 Å². The van der Waals surface area contributed by atoms with Gasteiger partial charge in [-0.1, -0.05) is 20.8 Å². The van der Waals surface area contributed by atoms with Gasteiger partial charge in [-0.15, -0.1) is 0 Å². The molecule has 2 aromatic rings. The van der Waals surface area contributed by atoms with E-state index in [0.717, 1.165) is 11.4 Å². The Balaban J connectivity index is 1.79. The van der Waals surface area contributed by atoms with E-state index >= 15 is 0 Å². The number of oxazole rings is 1. The van der Waals surface area contributed by atoms with Crippen LogP contribution in [0.3, 0.4) is 0 Å². The molecular weight excluding hydrogens is 282 g/mol. The van der Waals surface area contributed by atoms with Gasteiger partial charge in [-0.05, 0) is 13.0 Å². The fourth-order valence-electron chi connectivity index (χ4n) is 1.73. The van der Waals surface area contributed by atoms with Crippen molar-refractivity contribution in [3.63, 3.8) is 0 Å². The van der Waals surface area contributed by atoms with Crippen molar-refractivity contribution in [3.8, 4) is 0 Å². The molecule has 2 amide bonds. The summed E-state index contributed by atoms with van der Waals surface area (Å²) in [5, 5.41) is 5.42. The van der Waals surface area contributed by atoms with Gasteiger partial charge in [0, 0.05) is 11.6 Å². The second kappa shape index (κ2) is 6.55. The van der Waals surface area contributed by atoms with Gasteiger partial charge in [-0.3, -0.25) is 0 Å². The van der Waals surface area contributed by atoms with Crippen LogP contribution in [-0.2, 0) is 18.5 Å². The third-order valence-electron chi connectivity index (χ3n) is 2.98. The number of carbonyl (C=O) groups excluding carboxylic acids is 1. The van der Waals surface area contributed by atoms with Gasteiger partial charge >= 0.3 is 6.03 Å². The molecule has 22 heavy (non-hydrogen) atoms. The van der Waals surface area contributed by atoms with E-state index in [9.17, 15) is 4.79 Å². The molecule has 0 unspecified atom stereocenters. The molecule has 0 bridgehead atoms. The largest absolute Gasteiger partial charge is 0.447 e. The number of aryl methyl sites for hydroxylation is 1. The molecule has 7 nitrogen and oxygen atoms in total. The molecule has 0 radical (unpaired) electrons. The number of amides is 2. The van der Waals surface area contributed by atoms with Crippen LogP contribution in [0.1, 0.15) is 43.9 Å². The standard InChI is InChI=1S/C15H21N5O2/c1-10-16-6-5-11(19-10)7-17-14(21)18-8-13-20-12(9-22-13)15(2,3)4/h5-6,9H,7-8H2,1-4H3,(H2,17,18,21). The van der Waals surface area contributed by atoms with Gasteiger partial charge in [-0.25, -0.2) is 19.7 Å². The first-order valence-electron chi connectivity index (χ1n) is 7.10. The Labute approximate surface area is 129 Å². The zero-order valence-corrected chi connectivity index (χ0v) is 13.3. The van der Waals surface area contributed by atoms with Crippen LogP contribution >= 0.6 is 0 Å². The molecule has 2 heterocycles. The molecule has 0 atom stereocenters. The lowest BCUT2D eigenvalue weighted by Gasteiger charge is -2.13. The molecule has 2 rings (SSSR count). The third-order valence-corrected chi connectivity index (χ3v) is 2.98. The van der Waals surface area contributed by atoms with Gasteiger partial charge in [0.15, 0.2) is 0 Å². The van der Waals surface area contributed by atoms with E-state index in [0.29, 0.717) is 18.3 Å². The van der Waals surface area contributed by atoms with Gasteiger partial charge in [0.2, 0.25) is 5.89 Å². The normalized spacial score (nSPS) is 11.3. The van der Waals surface area contributed by atoms with E-state index in [-0.39, 0.29) is 18.0 Å². The molecule has 2 N–H and O–H groups in total. The minimum atomic E-state index is -0.299. The summed E-state index contributed by atoms with van der Waals surface area (Å²) in [6.07, 6.45) is 3.29. The minimum absolute atomic E-state index is 0.0745. The van der Waals surface area contributed by atoms with Crippen LogP contribution < -0.4 is 10.6 Å². The average Bonchev–Trinajstić information content (AvgIpc) is 2.92. The molecule has 0 aliphatic rings. The number of nitrogens with one attached hydrogen (secondary N) is 2. The molecule has 7 heteroatoms. The van der Waals surface area contributed by atoms with Gasteiger partial charge < -0.3 is 15.1 Å². The average molecular weight is 303 g/mol. The van der Waals surface area contributed by atoms with Gasteiger partial charge in [-0.2, -0.15) is 0 Å². The first-order chi connectivity index (χ1) is 10.3. The van der Waals surface area contributed by atoms with E-state index in [2.05, 4.69) is 46.4 Å². The van der Waals surface area contributed by atoms with Crippen LogP contribution in [0.25, 0.3) is 0 Å². The Morgan fingerprint density at radius 3 is 2.59 bits per heavy atom. The van der Waals surface area contributed by atoms with E-state index < -0.39 is 0 Å². The van der Waals surface area contributed by atoms with Crippen LogP contribution in [-0.4, -0.2) is 21.0 Å². The van der Waals surface area contributed by atoms with Crippen molar-refractivity contribution >= 4 is 6.03 Å². The van der Waals surface area contributed by atoms with Crippen molar-refractivity contribution in [1.82, 2.24) is 25.6 Å². The van der Waals surface area contributed by atoms with Crippen molar-refractivity contribution in [2.45, 2.75) is 46.2 Å². The Hall–Kier alpha value is -2.44. The number of urea groups is 1. The number of nitrogens with zero attached hydrogens (tertiary/aromatic N) is 3. The minimum Gasteiger partial charge on any atom is -0.447 e. The zero-order chi connectivity index (χ0) is 16.2. The fraction of sp³-hybridized carbons (Fsp3) is 0.467. The second-order valence-electron chi connectivity index (χ2n) is 6.01. The quantitative estimate of drug-likeness (QED) is 0.902. The summed E-state index contributed by atoms with van der Waals surface area (Å²) in [5.41, 5.74) is 1.55. The van der Waals surface area contributed by atoms with Crippen LogP contribution in [0.5, 0.6) is 0 Å². The number of hydrogen-bond donors (Lipinski definition) is 2. The van der Waals surface area contributed by atoms with Crippen molar-refractivity contribution in [2.75, 3.05) is 0 Å². The second-order valence-corrected chi connectivity index (χ2v) is 6.01. The molecule has 0 aromatic carbocycles. The summed E-state index contributed by atoms with van der Waals surface area (Å²) in [7, 11) is 0. The zero-order valence-electron chi connectivity index (χ0n) is 13.3. The summed E-state index contributed by atoms with van der Waals surface area (Å²) in [6.45, 7) is 8.55. The van der Waals surface area contributed by atoms with Crippen LogP contribution in [0.4, 0.5) is 4.79 Å². The van der Waals surface area contributed by atoms with Crippen LogP contribution in [0, 0.1) is 6.92 Å². The third kappa shape index (κ3) is 4.54. The predicted octanol–water partition coefficient (Wildman–Crippen LogP) is 2.07. The smallest absolute Gasteiger partial charge is 0.315 e. The summed E-state index contributed by atoms with van der Waals surface area (Å²) in [4.78, 5) is 24.3. The molecule has 0 spiro atoms. The fourth-order valence-corrected chi connectivity index (χ4v) is 1.73. The topological polar surface area (TPSA) is 92.9 Å².